The van der Waals surface area contributed by atoms with Crippen LogP contribution < -0.4 is 10.9 Å². The summed E-state index contributed by atoms with van der Waals surface area (Å²) in [5.74, 6) is 0.990. The molecule has 0 saturated carbocycles. The predicted octanol–water partition coefficient (Wildman–Crippen LogP) is 1.77. The summed E-state index contributed by atoms with van der Waals surface area (Å²) in [4.78, 5) is 30.4. The number of hydrogen-bond acceptors (Lipinski definition) is 5. The number of carbonyl (C=O) groups excluding carboxylic acids is 1. The van der Waals surface area contributed by atoms with E-state index in [0.29, 0.717) is 11.7 Å². The third-order valence-corrected chi connectivity index (χ3v) is 4.33. The van der Waals surface area contributed by atoms with Gasteiger partial charge in [-0.15, -0.1) is 11.8 Å². The van der Waals surface area contributed by atoms with Crippen molar-refractivity contribution < 1.29 is 4.79 Å². The van der Waals surface area contributed by atoms with Crippen LogP contribution in [0.15, 0.2) is 57.4 Å². The monoisotopic (exact) mass is 321 g/mol. The van der Waals surface area contributed by atoms with Gasteiger partial charge in [-0.3, -0.25) is 9.59 Å². The highest BCUT2D eigenvalue weighted by atomic mass is 32.2. The molecule has 2 rings (SSSR count). The van der Waals surface area contributed by atoms with Gasteiger partial charge in [0.1, 0.15) is 0 Å². The van der Waals surface area contributed by atoms with E-state index in [1.165, 1.54) is 28.9 Å². The molecule has 2 aromatic rings. The van der Waals surface area contributed by atoms with Gasteiger partial charge in [0.05, 0.1) is 5.75 Å². The summed E-state index contributed by atoms with van der Waals surface area (Å²) < 4.78 is 0. The summed E-state index contributed by atoms with van der Waals surface area (Å²) in [6, 6.07) is 11.4. The normalized spacial score (nSPS) is 10.3. The van der Waals surface area contributed by atoms with Gasteiger partial charge in [-0.2, -0.15) is 0 Å². The summed E-state index contributed by atoms with van der Waals surface area (Å²) in [6.45, 7) is 0.609. The first-order chi connectivity index (χ1) is 10.2. The first-order valence-electron chi connectivity index (χ1n) is 6.37. The molecule has 1 aromatic heterocycles. The number of aromatic amines is 1. The Balaban J connectivity index is 1.63. The van der Waals surface area contributed by atoms with Crippen LogP contribution in [-0.4, -0.2) is 33.9 Å². The smallest absolute Gasteiger partial charge is 0.251 e. The lowest BCUT2D eigenvalue weighted by Gasteiger charge is -2.04. The molecule has 0 aliphatic rings. The number of nitrogens with one attached hydrogen (secondary N) is 2. The van der Waals surface area contributed by atoms with Crippen LogP contribution in [0.3, 0.4) is 0 Å². The average molecular weight is 321 g/mol. The molecule has 21 heavy (non-hydrogen) atoms. The molecule has 1 aromatic carbocycles. The van der Waals surface area contributed by atoms with Crippen molar-refractivity contribution in [3.8, 4) is 0 Å². The molecule has 7 heteroatoms. The maximum atomic E-state index is 11.7. The molecule has 0 radical (unpaired) electrons. The lowest BCUT2D eigenvalue weighted by Crippen LogP contribution is -2.27. The Kier molecular flexibility index (Phi) is 6.36. The van der Waals surface area contributed by atoms with Crippen molar-refractivity contribution in [3.05, 3.63) is 52.9 Å². The van der Waals surface area contributed by atoms with Gasteiger partial charge in [-0.25, -0.2) is 4.98 Å². The van der Waals surface area contributed by atoms with Gasteiger partial charge in [0.15, 0.2) is 5.16 Å². The van der Waals surface area contributed by atoms with Crippen molar-refractivity contribution in [2.75, 3.05) is 18.1 Å². The van der Waals surface area contributed by atoms with Crippen molar-refractivity contribution in [1.29, 1.82) is 0 Å². The second kappa shape index (κ2) is 8.53. The van der Waals surface area contributed by atoms with Gasteiger partial charge in [0.2, 0.25) is 5.91 Å². The minimum atomic E-state index is -0.216. The maximum Gasteiger partial charge on any atom is 0.251 e. The van der Waals surface area contributed by atoms with Gasteiger partial charge in [0, 0.05) is 29.5 Å². The van der Waals surface area contributed by atoms with Crippen molar-refractivity contribution in [3.63, 3.8) is 0 Å². The van der Waals surface area contributed by atoms with Crippen LogP contribution in [0.1, 0.15) is 0 Å². The van der Waals surface area contributed by atoms with E-state index in [1.54, 1.807) is 11.8 Å². The molecular weight excluding hydrogens is 306 g/mol. The Hall–Kier alpha value is -1.73. The van der Waals surface area contributed by atoms with Crippen LogP contribution in [0.2, 0.25) is 0 Å². The predicted molar refractivity (Wildman–Crippen MR) is 85.8 cm³/mol. The number of H-pyrrole nitrogens is 1. The summed E-state index contributed by atoms with van der Waals surface area (Å²) in [6.07, 6.45) is 1.43. The van der Waals surface area contributed by atoms with Gasteiger partial charge < -0.3 is 10.3 Å². The quantitative estimate of drug-likeness (QED) is 0.462. The zero-order valence-electron chi connectivity index (χ0n) is 11.2. The number of carbonyl (C=O) groups is 1. The van der Waals surface area contributed by atoms with Gasteiger partial charge >= 0.3 is 0 Å². The Morgan fingerprint density at radius 1 is 1.19 bits per heavy atom. The zero-order chi connectivity index (χ0) is 14.9. The highest BCUT2D eigenvalue weighted by molar-refractivity contribution is 7.99. The number of benzene rings is 1. The molecular formula is C14H15N3O2S2. The first kappa shape index (κ1) is 15.7. The van der Waals surface area contributed by atoms with Crippen molar-refractivity contribution in [2.24, 2.45) is 0 Å². The van der Waals surface area contributed by atoms with Gasteiger partial charge in [0.25, 0.3) is 5.56 Å². The molecule has 110 valence electrons. The molecule has 0 aliphatic heterocycles. The molecule has 1 heterocycles. The van der Waals surface area contributed by atoms with Crippen molar-refractivity contribution in [1.82, 2.24) is 15.3 Å². The minimum absolute atomic E-state index is 0.0693. The number of amides is 1. The largest absolute Gasteiger partial charge is 0.355 e. The minimum Gasteiger partial charge on any atom is -0.355 e. The highest BCUT2D eigenvalue weighted by Crippen LogP contribution is 2.15. The molecule has 0 spiro atoms. The number of rotatable bonds is 7. The zero-order valence-corrected chi connectivity index (χ0v) is 12.9. The Bertz CT molecular complexity index is 631. The Morgan fingerprint density at radius 2 is 2.00 bits per heavy atom. The summed E-state index contributed by atoms with van der Waals surface area (Å²) in [7, 11) is 0. The molecule has 5 nitrogen and oxygen atoms in total. The molecule has 0 unspecified atom stereocenters. The molecule has 0 bridgehead atoms. The molecule has 2 N–H and O–H groups in total. The fraction of sp³-hybridized carbons (Fsp3) is 0.214. The fourth-order valence-electron chi connectivity index (χ4n) is 1.49. The lowest BCUT2D eigenvalue weighted by atomic mass is 10.4. The topological polar surface area (TPSA) is 74.8 Å². The number of nitrogens with zero attached hydrogens (tertiary/aromatic N) is 1. The molecule has 0 saturated heterocycles. The summed E-state index contributed by atoms with van der Waals surface area (Å²) in [5, 5.41) is 3.29. The van der Waals surface area contributed by atoms with E-state index >= 15 is 0 Å². The Labute approximate surface area is 131 Å². The van der Waals surface area contributed by atoms with E-state index in [4.69, 9.17) is 0 Å². The van der Waals surface area contributed by atoms with Crippen LogP contribution in [0, 0.1) is 0 Å². The van der Waals surface area contributed by atoms with E-state index in [0.717, 1.165) is 5.75 Å². The van der Waals surface area contributed by atoms with E-state index in [1.807, 2.05) is 30.3 Å². The first-order valence-corrected chi connectivity index (χ1v) is 8.34. The number of hydrogen-bond donors (Lipinski definition) is 2. The van der Waals surface area contributed by atoms with E-state index in [9.17, 15) is 9.59 Å². The maximum absolute atomic E-state index is 11.7. The van der Waals surface area contributed by atoms with E-state index < -0.39 is 0 Å². The number of thioether (sulfide) groups is 2. The van der Waals surface area contributed by atoms with E-state index in [-0.39, 0.29) is 17.2 Å². The standard InChI is InChI=1S/C14H15N3O2S2/c18-12-6-7-16-14(17-12)21-10-13(19)15-8-9-20-11-4-2-1-3-5-11/h1-7H,8-10H2,(H,15,19)(H,16,17,18). The lowest BCUT2D eigenvalue weighted by molar-refractivity contribution is -0.118. The summed E-state index contributed by atoms with van der Waals surface area (Å²) >= 11 is 2.91. The second-order valence-electron chi connectivity index (χ2n) is 4.04. The third-order valence-electron chi connectivity index (χ3n) is 2.42. The molecule has 0 fully saturated rings. The van der Waals surface area contributed by atoms with Gasteiger partial charge in [-0.05, 0) is 12.1 Å². The SMILES string of the molecule is O=C(CSc1nccc(=O)[nH]1)NCCSc1ccccc1. The molecule has 1 amide bonds. The molecule has 0 atom stereocenters. The van der Waals surface area contributed by atoms with Crippen LogP contribution >= 0.6 is 23.5 Å². The second-order valence-corrected chi connectivity index (χ2v) is 6.17. The van der Waals surface area contributed by atoms with Crippen LogP contribution in [0.25, 0.3) is 0 Å². The third kappa shape index (κ3) is 6.05. The van der Waals surface area contributed by atoms with Crippen molar-refractivity contribution in [2.45, 2.75) is 10.1 Å². The number of aromatic nitrogens is 2. The van der Waals surface area contributed by atoms with Crippen LogP contribution in [0.5, 0.6) is 0 Å². The van der Waals surface area contributed by atoms with Crippen molar-refractivity contribution >= 4 is 29.4 Å². The van der Waals surface area contributed by atoms with Crippen LogP contribution in [0.4, 0.5) is 0 Å². The van der Waals surface area contributed by atoms with E-state index in [2.05, 4.69) is 15.3 Å². The fourth-order valence-corrected chi connectivity index (χ4v) is 2.95. The highest BCUT2D eigenvalue weighted by Gasteiger charge is 2.03. The summed E-state index contributed by atoms with van der Waals surface area (Å²) in [5.41, 5.74) is -0.216. The van der Waals surface area contributed by atoms with Gasteiger partial charge in [-0.1, -0.05) is 30.0 Å². The molecule has 0 aliphatic carbocycles. The average Bonchev–Trinajstić information content (AvgIpc) is 2.51. The van der Waals surface area contributed by atoms with Crippen LogP contribution in [-0.2, 0) is 4.79 Å². The Morgan fingerprint density at radius 3 is 2.76 bits per heavy atom.